The van der Waals surface area contributed by atoms with Crippen LogP contribution in [0.4, 0.5) is 0 Å². The monoisotopic (exact) mass is 420 g/mol. The summed E-state index contributed by atoms with van der Waals surface area (Å²) in [5.74, 6) is -0.152. The van der Waals surface area contributed by atoms with E-state index in [1.165, 1.54) is 6.08 Å². The Kier molecular flexibility index (Phi) is 6.72. The number of piperazine rings is 1. The number of thiophene rings is 1. The third kappa shape index (κ3) is 5.22. The number of rotatable bonds is 4. The van der Waals surface area contributed by atoms with E-state index in [1.807, 2.05) is 23.6 Å². The van der Waals surface area contributed by atoms with Gasteiger partial charge < -0.3 is 9.80 Å². The average molecular weight is 421 g/mol. The zero-order chi connectivity index (χ0) is 19.2. The van der Waals surface area contributed by atoms with Crippen LogP contribution in [0.25, 0.3) is 12.2 Å². The zero-order valence-electron chi connectivity index (χ0n) is 14.5. The van der Waals surface area contributed by atoms with Crippen molar-refractivity contribution in [1.29, 1.82) is 0 Å². The highest BCUT2D eigenvalue weighted by Crippen LogP contribution is 2.25. The number of carbonyl (C=O) groups is 2. The molecule has 0 saturated carbocycles. The molecule has 1 saturated heterocycles. The number of nitrogens with zero attached hydrogens (tertiary/aromatic N) is 2. The van der Waals surface area contributed by atoms with Crippen LogP contribution >= 0.6 is 34.5 Å². The fourth-order valence-corrected chi connectivity index (χ4v) is 3.86. The van der Waals surface area contributed by atoms with Crippen LogP contribution in [0.3, 0.4) is 0 Å². The van der Waals surface area contributed by atoms with E-state index < -0.39 is 0 Å². The Morgan fingerprint density at radius 1 is 0.852 bits per heavy atom. The minimum absolute atomic E-state index is 0.0334. The predicted octanol–water partition coefficient (Wildman–Crippen LogP) is 4.45. The van der Waals surface area contributed by atoms with Crippen LogP contribution in [0.1, 0.15) is 10.4 Å². The molecule has 0 aliphatic carbocycles. The number of hydrogen-bond donors (Lipinski definition) is 0. The second-order valence-electron chi connectivity index (χ2n) is 5.97. The molecule has 0 radical (unpaired) electrons. The zero-order valence-corrected chi connectivity index (χ0v) is 16.8. The Bertz CT molecular complexity index is 850. The molecular formula is C20H18Cl2N2O2S. The van der Waals surface area contributed by atoms with E-state index in [1.54, 1.807) is 51.5 Å². The van der Waals surface area contributed by atoms with Gasteiger partial charge in [-0.15, -0.1) is 11.3 Å². The van der Waals surface area contributed by atoms with Gasteiger partial charge in [0.1, 0.15) is 0 Å². The molecule has 7 heteroatoms. The van der Waals surface area contributed by atoms with Gasteiger partial charge >= 0.3 is 0 Å². The van der Waals surface area contributed by atoms with Crippen LogP contribution in [0.5, 0.6) is 0 Å². The smallest absolute Gasteiger partial charge is 0.246 e. The molecule has 1 fully saturated rings. The molecule has 2 aromatic rings. The van der Waals surface area contributed by atoms with Crippen molar-refractivity contribution in [3.8, 4) is 0 Å². The Balaban J connectivity index is 1.53. The number of benzene rings is 1. The van der Waals surface area contributed by atoms with Gasteiger partial charge in [0.2, 0.25) is 11.8 Å². The molecule has 0 bridgehead atoms. The second kappa shape index (κ2) is 9.22. The molecule has 1 aromatic carbocycles. The third-order valence-electron chi connectivity index (χ3n) is 4.23. The van der Waals surface area contributed by atoms with Crippen LogP contribution in [0, 0.1) is 0 Å². The lowest BCUT2D eigenvalue weighted by atomic mass is 10.2. The molecule has 4 nitrogen and oxygen atoms in total. The van der Waals surface area contributed by atoms with Gasteiger partial charge in [-0.3, -0.25) is 9.59 Å². The van der Waals surface area contributed by atoms with Crippen LogP contribution in [0.2, 0.25) is 10.0 Å². The molecule has 140 valence electrons. The summed E-state index contributed by atoms with van der Waals surface area (Å²) >= 11 is 13.8. The molecule has 2 amide bonds. The SMILES string of the molecule is O=C(C=Cc1cccs1)N1CCN(C(=O)C=Cc2c(Cl)cccc2Cl)CC1. The molecular weight excluding hydrogens is 403 g/mol. The summed E-state index contributed by atoms with van der Waals surface area (Å²) in [4.78, 5) is 29.2. The molecule has 1 aromatic heterocycles. The minimum atomic E-state index is -0.118. The van der Waals surface area contributed by atoms with E-state index in [4.69, 9.17) is 23.2 Å². The highest BCUT2D eigenvalue weighted by atomic mass is 35.5. The van der Waals surface area contributed by atoms with E-state index in [2.05, 4.69) is 0 Å². The van der Waals surface area contributed by atoms with Crippen molar-refractivity contribution in [3.63, 3.8) is 0 Å². The molecule has 0 spiro atoms. The first-order valence-electron chi connectivity index (χ1n) is 8.46. The molecule has 2 heterocycles. The summed E-state index contributed by atoms with van der Waals surface area (Å²) in [5, 5.41) is 2.97. The fraction of sp³-hybridized carbons (Fsp3) is 0.200. The van der Waals surface area contributed by atoms with Crippen LogP contribution < -0.4 is 0 Å². The summed E-state index contributed by atoms with van der Waals surface area (Å²) in [6, 6.07) is 9.12. The van der Waals surface area contributed by atoms with E-state index in [0.717, 1.165) is 4.88 Å². The number of carbonyl (C=O) groups excluding carboxylic acids is 2. The van der Waals surface area contributed by atoms with Crippen molar-refractivity contribution in [2.75, 3.05) is 26.2 Å². The van der Waals surface area contributed by atoms with Crippen LogP contribution in [-0.4, -0.2) is 47.8 Å². The first-order valence-corrected chi connectivity index (χ1v) is 10.1. The summed E-state index contributed by atoms with van der Waals surface area (Å²) in [6.07, 6.45) is 6.51. The maximum absolute atomic E-state index is 12.4. The minimum Gasteiger partial charge on any atom is -0.336 e. The number of halogens is 2. The molecule has 3 rings (SSSR count). The lowest BCUT2D eigenvalue weighted by Crippen LogP contribution is -2.49. The maximum atomic E-state index is 12.4. The van der Waals surface area contributed by atoms with E-state index in [0.29, 0.717) is 41.8 Å². The van der Waals surface area contributed by atoms with Crippen LogP contribution in [-0.2, 0) is 9.59 Å². The summed E-state index contributed by atoms with van der Waals surface area (Å²) in [6.45, 7) is 2.02. The number of amides is 2. The summed E-state index contributed by atoms with van der Waals surface area (Å²) < 4.78 is 0. The highest BCUT2D eigenvalue weighted by Gasteiger charge is 2.21. The molecule has 1 aliphatic heterocycles. The second-order valence-corrected chi connectivity index (χ2v) is 7.76. The van der Waals surface area contributed by atoms with Crippen molar-refractivity contribution in [3.05, 3.63) is 68.3 Å². The molecule has 0 N–H and O–H groups in total. The first kappa shape index (κ1) is 19.7. The standard InChI is InChI=1S/C20H18Cl2N2O2S/c21-17-4-1-5-18(22)16(17)7-9-20(26)24-12-10-23(11-13-24)19(25)8-6-15-3-2-14-27-15/h1-9,14H,10-13H2. The predicted molar refractivity (Wildman–Crippen MR) is 112 cm³/mol. The Morgan fingerprint density at radius 2 is 1.41 bits per heavy atom. The molecule has 0 unspecified atom stereocenters. The fourth-order valence-electron chi connectivity index (χ4n) is 2.72. The Labute approximate surface area is 172 Å². The van der Waals surface area contributed by atoms with Gasteiger partial charge in [0.15, 0.2) is 0 Å². The van der Waals surface area contributed by atoms with Crippen molar-refractivity contribution >= 4 is 58.5 Å². The van der Waals surface area contributed by atoms with E-state index in [9.17, 15) is 9.59 Å². The van der Waals surface area contributed by atoms with Gasteiger partial charge in [-0.05, 0) is 35.7 Å². The van der Waals surface area contributed by atoms with Crippen molar-refractivity contribution < 1.29 is 9.59 Å². The van der Waals surface area contributed by atoms with Gasteiger partial charge in [0.05, 0.1) is 0 Å². The molecule has 27 heavy (non-hydrogen) atoms. The number of hydrogen-bond acceptors (Lipinski definition) is 3. The van der Waals surface area contributed by atoms with Crippen molar-refractivity contribution in [2.45, 2.75) is 0 Å². The van der Waals surface area contributed by atoms with Crippen LogP contribution in [0.15, 0.2) is 47.9 Å². The van der Waals surface area contributed by atoms with E-state index >= 15 is 0 Å². The van der Waals surface area contributed by atoms with Gasteiger partial charge in [0.25, 0.3) is 0 Å². The van der Waals surface area contributed by atoms with Crippen molar-refractivity contribution in [2.24, 2.45) is 0 Å². The Hall–Kier alpha value is -2.08. The van der Waals surface area contributed by atoms with Crippen molar-refractivity contribution in [1.82, 2.24) is 9.80 Å². The summed E-state index contributed by atoms with van der Waals surface area (Å²) in [5.41, 5.74) is 0.627. The van der Waals surface area contributed by atoms with E-state index in [-0.39, 0.29) is 11.8 Å². The lowest BCUT2D eigenvalue weighted by molar-refractivity contribution is -0.133. The maximum Gasteiger partial charge on any atom is 0.246 e. The van der Waals surface area contributed by atoms with Gasteiger partial charge in [-0.2, -0.15) is 0 Å². The lowest BCUT2D eigenvalue weighted by Gasteiger charge is -2.33. The Morgan fingerprint density at radius 3 is 1.93 bits per heavy atom. The van der Waals surface area contributed by atoms with Gasteiger partial charge in [-0.1, -0.05) is 35.3 Å². The average Bonchev–Trinajstić information content (AvgIpc) is 3.19. The third-order valence-corrected chi connectivity index (χ3v) is 5.73. The van der Waals surface area contributed by atoms with Gasteiger partial charge in [-0.25, -0.2) is 0 Å². The quantitative estimate of drug-likeness (QED) is 0.685. The largest absolute Gasteiger partial charge is 0.336 e. The first-order chi connectivity index (χ1) is 13.0. The highest BCUT2D eigenvalue weighted by molar-refractivity contribution is 7.10. The van der Waals surface area contributed by atoms with Gasteiger partial charge in [0, 0.05) is 58.8 Å². The summed E-state index contributed by atoms with van der Waals surface area (Å²) in [7, 11) is 0. The molecule has 0 atom stereocenters. The molecule has 1 aliphatic rings. The normalized spacial score (nSPS) is 15.0. The topological polar surface area (TPSA) is 40.6 Å².